The molecule has 3 unspecified atom stereocenters. The molecule has 4 heterocycles. The minimum absolute atomic E-state index is 0.0269. The predicted molar refractivity (Wildman–Crippen MR) is 123 cm³/mol. The van der Waals surface area contributed by atoms with E-state index < -0.39 is 33.7 Å². The molecule has 0 amide bonds. The molecule has 2 aromatic heterocycles. The molecule has 2 aliphatic carbocycles. The lowest BCUT2D eigenvalue weighted by Gasteiger charge is -2.42. The molecule has 2 N–H and O–H groups in total. The zero-order chi connectivity index (χ0) is 23.7. The molecule has 2 aromatic rings. The molecule has 2 saturated carbocycles. The number of fused-ring (bicyclic) bond motifs is 3. The molecule has 3 fully saturated rings. The molecular formula is C22H25ClF2N6O2S. The van der Waals surface area contributed by atoms with E-state index in [1.165, 1.54) is 0 Å². The molecule has 3 atom stereocenters. The first-order valence-corrected chi connectivity index (χ1v) is 13.3. The lowest BCUT2D eigenvalue weighted by Crippen LogP contribution is -2.49. The summed E-state index contributed by atoms with van der Waals surface area (Å²) in [5, 5.41) is 13.6. The predicted octanol–water partition coefficient (Wildman–Crippen LogP) is 3.09. The Hall–Kier alpha value is -1.98. The summed E-state index contributed by atoms with van der Waals surface area (Å²) in [6.45, 7) is 1.07. The van der Waals surface area contributed by atoms with Crippen molar-refractivity contribution in [3.05, 3.63) is 28.9 Å². The van der Waals surface area contributed by atoms with Crippen LogP contribution in [0.4, 0.5) is 20.5 Å². The van der Waals surface area contributed by atoms with E-state index in [0.717, 1.165) is 25.1 Å². The Kier molecular flexibility index (Phi) is 5.31. The number of halogens is 3. The third-order valence-corrected chi connectivity index (χ3v) is 9.45. The van der Waals surface area contributed by atoms with Crippen LogP contribution in [-0.2, 0) is 16.7 Å². The highest BCUT2D eigenvalue weighted by atomic mass is 35.5. The van der Waals surface area contributed by atoms with E-state index in [0.29, 0.717) is 31.0 Å². The Morgan fingerprint density at radius 2 is 1.85 bits per heavy atom. The standard InChI is InChI=1S/C22H25ClF2N6O2S/c23-14-6-26-18(27-7-14)15-12-2-3-13(15)9-31(8-12)20-28-17-16(34(33)11-22(17,24)25)19(29-20)30-21(10-32)4-1-5-21/h6-7,12-13,15,32H,1-5,8-11H2,(H,28,29,30). The summed E-state index contributed by atoms with van der Waals surface area (Å²) in [6, 6.07) is 0. The van der Waals surface area contributed by atoms with Crippen molar-refractivity contribution in [2.75, 3.05) is 35.7 Å². The van der Waals surface area contributed by atoms with E-state index in [1.54, 1.807) is 12.4 Å². The normalized spacial score (nSPS) is 30.6. The van der Waals surface area contributed by atoms with Crippen LogP contribution in [0.1, 0.15) is 49.5 Å². The quantitative estimate of drug-likeness (QED) is 0.632. The van der Waals surface area contributed by atoms with Crippen LogP contribution in [0.25, 0.3) is 0 Å². The number of piperidine rings is 1. The topological polar surface area (TPSA) is 104 Å². The maximum atomic E-state index is 14.8. The summed E-state index contributed by atoms with van der Waals surface area (Å²) in [5.74, 6) is -2.24. The minimum atomic E-state index is -3.28. The van der Waals surface area contributed by atoms with Gasteiger partial charge in [0, 0.05) is 31.4 Å². The highest BCUT2D eigenvalue weighted by Gasteiger charge is 2.50. The maximum Gasteiger partial charge on any atom is 0.302 e. The SMILES string of the molecule is O=S1CC(F)(F)c2nc(N3CC4CCC(C3)C4c3ncc(Cl)cn3)nc(NC3(CO)CCC3)c21. The number of nitrogens with one attached hydrogen (secondary N) is 1. The average Bonchev–Trinajstić information content (AvgIpc) is 3.18. The van der Waals surface area contributed by atoms with E-state index >= 15 is 0 Å². The molecule has 2 bridgehead atoms. The van der Waals surface area contributed by atoms with Gasteiger partial charge in [-0.1, -0.05) is 11.6 Å². The fraction of sp³-hybridized carbons (Fsp3) is 0.636. The molecular weight excluding hydrogens is 486 g/mol. The van der Waals surface area contributed by atoms with Crippen molar-refractivity contribution >= 4 is 34.2 Å². The lowest BCUT2D eigenvalue weighted by atomic mass is 9.77. The number of hydrogen-bond acceptors (Lipinski definition) is 8. The molecule has 0 aromatic carbocycles. The van der Waals surface area contributed by atoms with Crippen LogP contribution in [0.5, 0.6) is 0 Å². The number of nitrogens with zero attached hydrogens (tertiary/aromatic N) is 5. The van der Waals surface area contributed by atoms with Gasteiger partial charge in [0.25, 0.3) is 0 Å². The molecule has 2 aliphatic heterocycles. The van der Waals surface area contributed by atoms with Gasteiger partial charge < -0.3 is 15.3 Å². The third kappa shape index (κ3) is 3.58. The van der Waals surface area contributed by atoms with E-state index in [2.05, 4.69) is 25.3 Å². The van der Waals surface area contributed by atoms with Gasteiger partial charge in [-0.3, -0.25) is 4.21 Å². The average molecular weight is 511 g/mol. The Morgan fingerprint density at radius 1 is 1.18 bits per heavy atom. The van der Waals surface area contributed by atoms with Crippen molar-refractivity contribution in [3.8, 4) is 0 Å². The van der Waals surface area contributed by atoms with Crippen LogP contribution < -0.4 is 10.2 Å². The van der Waals surface area contributed by atoms with E-state index in [-0.39, 0.29) is 41.0 Å². The highest BCUT2D eigenvalue weighted by molar-refractivity contribution is 7.85. The minimum Gasteiger partial charge on any atom is -0.394 e. The number of aliphatic hydroxyl groups is 1. The van der Waals surface area contributed by atoms with Gasteiger partial charge in [0.05, 0.1) is 33.7 Å². The summed E-state index contributed by atoms with van der Waals surface area (Å²) in [4.78, 5) is 19.7. The fourth-order valence-corrected chi connectivity index (χ4v) is 7.34. The second-order valence-corrected chi connectivity index (χ2v) is 11.8. The molecule has 34 heavy (non-hydrogen) atoms. The molecule has 0 radical (unpaired) electrons. The molecule has 4 aliphatic rings. The van der Waals surface area contributed by atoms with Crippen LogP contribution in [0, 0.1) is 11.8 Å². The van der Waals surface area contributed by atoms with Crippen LogP contribution in [0.15, 0.2) is 17.3 Å². The first kappa shape index (κ1) is 22.5. The summed E-state index contributed by atoms with van der Waals surface area (Å²) in [7, 11) is -1.91. The van der Waals surface area contributed by atoms with Crippen molar-refractivity contribution in [1.82, 2.24) is 19.9 Å². The van der Waals surface area contributed by atoms with Crippen molar-refractivity contribution in [2.24, 2.45) is 11.8 Å². The van der Waals surface area contributed by atoms with Gasteiger partial charge in [0.2, 0.25) is 5.95 Å². The molecule has 6 rings (SSSR count). The molecule has 1 saturated heterocycles. The van der Waals surface area contributed by atoms with Gasteiger partial charge in [-0.15, -0.1) is 0 Å². The Bertz CT molecular complexity index is 1130. The van der Waals surface area contributed by atoms with Crippen LogP contribution >= 0.6 is 11.6 Å². The Morgan fingerprint density at radius 3 is 2.44 bits per heavy atom. The summed E-state index contributed by atoms with van der Waals surface area (Å²) in [5.41, 5.74) is -1.07. The zero-order valence-corrected chi connectivity index (χ0v) is 20.0. The summed E-state index contributed by atoms with van der Waals surface area (Å²) < 4.78 is 42.2. The second kappa shape index (κ2) is 8.03. The second-order valence-electron chi connectivity index (χ2n) is 9.95. The first-order chi connectivity index (χ1) is 16.3. The molecule has 182 valence electrons. The van der Waals surface area contributed by atoms with Gasteiger partial charge in [-0.05, 0) is 43.9 Å². The van der Waals surface area contributed by atoms with Gasteiger partial charge >= 0.3 is 5.92 Å². The van der Waals surface area contributed by atoms with Crippen molar-refractivity contribution in [2.45, 2.75) is 54.4 Å². The largest absolute Gasteiger partial charge is 0.394 e. The third-order valence-electron chi connectivity index (χ3n) is 7.79. The fourth-order valence-electron chi connectivity index (χ4n) is 5.91. The van der Waals surface area contributed by atoms with Gasteiger partial charge in [-0.25, -0.2) is 15.0 Å². The lowest BCUT2D eigenvalue weighted by molar-refractivity contribution is 0.0191. The molecule has 12 heteroatoms. The summed E-state index contributed by atoms with van der Waals surface area (Å²) >= 11 is 5.95. The van der Waals surface area contributed by atoms with Crippen LogP contribution in [0.3, 0.4) is 0 Å². The number of alkyl halides is 2. The number of aromatic nitrogens is 4. The van der Waals surface area contributed by atoms with Crippen LogP contribution in [-0.4, -0.2) is 60.2 Å². The van der Waals surface area contributed by atoms with Gasteiger partial charge in [0.1, 0.15) is 22.2 Å². The number of hydrogen-bond donors (Lipinski definition) is 2. The van der Waals surface area contributed by atoms with Crippen molar-refractivity contribution in [3.63, 3.8) is 0 Å². The van der Waals surface area contributed by atoms with Crippen molar-refractivity contribution < 1.29 is 18.1 Å². The monoisotopic (exact) mass is 510 g/mol. The highest BCUT2D eigenvalue weighted by Crippen LogP contribution is 2.49. The number of anilines is 2. The molecule has 8 nitrogen and oxygen atoms in total. The number of rotatable bonds is 5. The van der Waals surface area contributed by atoms with E-state index in [4.69, 9.17) is 11.6 Å². The Balaban J connectivity index is 1.34. The maximum absolute atomic E-state index is 14.8. The first-order valence-electron chi connectivity index (χ1n) is 11.6. The Labute approximate surface area is 203 Å². The zero-order valence-electron chi connectivity index (χ0n) is 18.4. The van der Waals surface area contributed by atoms with E-state index in [9.17, 15) is 18.1 Å². The number of aliphatic hydroxyl groups excluding tert-OH is 1. The van der Waals surface area contributed by atoms with Gasteiger partial charge in [0.15, 0.2) is 0 Å². The summed E-state index contributed by atoms with van der Waals surface area (Å²) in [6.07, 6.45) is 7.53. The van der Waals surface area contributed by atoms with Crippen molar-refractivity contribution in [1.29, 1.82) is 0 Å². The smallest absolute Gasteiger partial charge is 0.302 e. The van der Waals surface area contributed by atoms with Gasteiger partial charge in [-0.2, -0.15) is 13.8 Å². The van der Waals surface area contributed by atoms with E-state index in [1.807, 2.05) is 4.90 Å². The van der Waals surface area contributed by atoms with Crippen LogP contribution in [0.2, 0.25) is 5.02 Å². The molecule has 0 spiro atoms.